The van der Waals surface area contributed by atoms with Crippen LogP contribution in [0.25, 0.3) is 111 Å². The van der Waals surface area contributed by atoms with Gasteiger partial charge in [-0.2, -0.15) is 15.0 Å². The average Bonchev–Trinajstić information content (AvgIpc) is 3.77. The molecule has 0 saturated carbocycles. The Kier molecular flexibility index (Phi) is 5.41. The van der Waals surface area contributed by atoms with Crippen molar-refractivity contribution in [2.45, 2.75) is 0 Å². The van der Waals surface area contributed by atoms with Gasteiger partial charge >= 0.3 is 0 Å². The summed E-state index contributed by atoms with van der Waals surface area (Å²) in [7, 11) is 0. The SMILES string of the molecule is [2H]c1c([2H])c([2H])c2c(c1[2H])c1c([2H])c([2H])c([2H])c([2H])c1n2-c1nc(-c2cc(-c3ccccc3)cc(-c3cccc(-c4ccc(-c5ccccc5)cc4)c3)c2)nc(-n2c3c([2H])c([2H])c([2H])c([2H])c3c3c([2H])c([2H])c([2H])c([2H])c32)n1. The first-order chi connectivity index (χ1) is 37.4. The van der Waals surface area contributed by atoms with Gasteiger partial charge in [-0.1, -0.05) is 176 Å². The molecule has 12 aromatic rings. The second-order valence-electron chi connectivity index (χ2n) is 14.5. The van der Waals surface area contributed by atoms with E-state index in [9.17, 15) is 5.48 Å². The van der Waals surface area contributed by atoms with Gasteiger partial charge in [-0.25, -0.2) is 0 Å². The molecule has 0 amide bonds. The number of benzene rings is 9. The van der Waals surface area contributed by atoms with Gasteiger partial charge in [0.2, 0.25) is 11.9 Å². The molecule has 3 aromatic heterocycles. The van der Waals surface area contributed by atoms with Crippen molar-refractivity contribution in [3.8, 4) is 67.8 Å². The van der Waals surface area contributed by atoms with Gasteiger partial charge in [0.05, 0.1) is 44.0 Å². The third kappa shape index (κ3) is 6.06. The van der Waals surface area contributed by atoms with E-state index in [2.05, 4.69) is 12.1 Å². The van der Waals surface area contributed by atoms with Crippen LogP contribution in [0.1, 0.15) is 21.9 Å². The van der Waals surface area contributed by atoms with Crippen molar-refractivity contribution in [1.82, 2.24) is 24.1 Å². The Morgan fingerprint density at radius 1 is 0.290 bits per heavy atom. The van der Waals surface area contributed by atoms with E-state index in [1.165, 1.54) is 0 Å². The molecule has 9 aromatic carbocycles. The first kappa shape index (κ1) is 22.8. The maximum Gasteiger partial charge on any atom is 0.240 e. The van der Waals surface area contributed by atoms with Gasteiger partial charge in [0.25, 0.3) is 0 Å². The van der Waals surface area contributed by atoms with Crippen molar-refractivity contribution in [1.29, 1.82) is 0 Å². The summed E-state index contributed by atoms with van der Waals surface area (Å²) in [4.78, 5) is 14.8. The normalized spacial score (nSPS) is 15.2. The van der Waals surface area contributed by atoms with Gasteiger partial charge in [-0.15, -0.1) is 0 Å². The first-order valence-corrected chi connectivity index (χ1v) is 19.6. The quantitative estimate of drug-likeness (QED) is 0.161. The third-order valence-electron chi connectivity index (χ3n) is 10.9. The zero-order chi connectivity index (χ0) is 54.9. The zero-order valence-corrected chi connectivity index (χ0v) is 32.4. The van der Waals surface area contributed by atoms with Crippen LogP contribution in [0.15, 0.2) is 224 Å². The number of para-hydroxylation sites is 4. The summed E-state index contributed by atoms with van der Waals surface area (Å²) >= 11 is 0. The molecule has 0 aliphatic carbocycles. The summed E-state index contributed by atoms with van der Waals surface area (Å²) in [5, 5.41) is -1.08. The Balaban J connectivity index is 1.21. The van der Waals surface area contributed by atoms with Gasteiger partial charge in [0.15, 0.2) is 5.82 Å². The lowest BCUT2D eigenvalue weighted by Gasteiger charge is -2.15. The minimum absolute atomic E-state index is 0.157. The molecule has 0 radical (unpaired) electrons. The number of rotatable bonds is 7. The van der Waals surface area contributed by atoms with Gasteiger partial charge in [0.1, 0.15) is 0 Å². The van der Waals surface area contributed by atoms with Crippen LogP contribution in [0.2, 0.25) is 0 Å². The molecule has 0 aliphatic rings. The lowest BCUT2D eigenvalue weighted by atomic mass is 9.93. The number of hydrogen-bond acceptors (Lipinski definition) is 3. The summed E-state index contributed by atoms with van der Waals surface area (Å²) in [5.74, 6) is -1.11. The van der Waals surface area contributed by atoms with E-state index < -0.39 is 109 Å². The molecule has 5 nitrogen and oxygen atoms in total. The van der Waals surface area contributed by atoms with Gasteiger partial charge in [0, 0.05) is 27.1 Å². The molecule has 0 spiro atoms. The summed E-state index contributed by atoms with van der Waals surface area (Å²) in [5.41, 5.74) is 5.90. The molecule has 0 atom stereocenters. The first-order valence-electron chi connectivity index (χ1n) is 27.6. The molecule has 0 unspecified atom stereocenters. The highest BCUT2D eigenvalue weighted by atomic mass is 15.3. The molecular weight excluding hydrogens is 755 g/mol. The maximum absolute atomic E-state index is 9.32. The van der Waals surface area contributed by atoms with Crippen LogP contribution in [-0.2, 0) is 0 Å². The minimum atomic E-state index is -0.703. The Hall–Kier alpha value is -8.41. The van der Waals surface area contributed by atoms with Crippen LogP contribution in [0.5, 0.6) is 0 Å². The fraction of sp³-hybridized carbons (Fsp3) is 0. The molecule has 0 saturated heterocycles. The average molecular weight is 808 g/mol. The van der Waals surface area contributed by atoms with Crippen LogP contribution in [0.3, 0.4) is 0 Å². The monoisotopic (exact) mass is 807 g/mol. The molecular formula is C57H37N5. The highest BCUT2D eigenvalue weighted by Crippen LogP contribution is 2.37. The van der Waals surface area contributed by atoms with E-state index in [0.717, 1.165) is 42.5 Å². The molecule has 0 N–H and O–H groups in total. The predicted molar refractivity (Wildman–Crippen MR) is 256 cm³/mol. The standard InChI is InChI=1S/C57H37N5/c1-3-16-38(17-4-1)40-30-32-41(33-31-40)42-20-15-21-43(34-42)45-35-44(39-18-5-2-6-19-39)36-46(37-45)55-58-56(61-51-26-11-7-22-47(51)48-23-8-12-27-52(48)61)60-57(59-55)62-53-28-13-9-24-49(53)50-25-10-14-29-54(50)62/h1-37H/i7D,8D,9D,10D,11D,12D,13D,14D,22D,23D,24D,25D,26D,27D,28D,29D. The lowest BCUT2D eigenvalue weighted by molar-refractivity contribution is 0.893. The maximum atomic E-state index is 9.32. The van der Waals surface area contributed by atoms with E-state index in [4.69, 9.17) is 31.4 Å². The van der Waals surface area contributed by atoms with E-state index in [0.29, 0.717) is 16.7 Å². The second kappa shape index (κ2) is 14.7. The molecule has 0 bridgehead atoms. The highest BCUT2D eigenvalue weighted by molar-refractivity contribution is 6.10. The van der Waals surface area contributed by atoms with Crippen LogP contribution in [-0.4, -0.2) is 24.1 Å². The number of nitrogens with zero attached hydrogens (tertiary/aromatic N) is 5. The largest absolute Gasteiger partial charge is 0.278 e. The summed E-state index contributed by atoms with van der Waals surface area (Å²) in [6.07, 6.45) is 0. The highest BCUT2D eigenvalue weighted by Gasteiger charge is 2.21. The molecule has 62 heavy (non-hydrogen) atoms. The molecule has 290 valence electrons. The minimum Gasteiger partial charge on any atom is -0.278 e. The zero-order valence-electron chi connectivity index (χ0n) is 48.4. The van der Waals surface area contributed by atoms with Crippen LogP contribution in [0.4, 0.5) is 0 Å². The molecule has 0 fully saturated rings. The van der Waals surface area contributed by atoms with Gasteiger partial charge in [-0.05, 0) is 92.9 Å². The van der Waals surface area contributed by atoms with Crippen molar-refractivity contribution in [3.63, 3.8) is 0 Å². The van der Waals surface area contributed by atoms with Crippen molar-refractivity contribution in [3.05, 3.63) is 224 Å². The van der Waals surface area contributed by atoms with Gasteiger partial charge < -0.3 is 0 Å². The molecule has 5 heteroatoms. The Bertz CT molecular complexity index is 4230. The second-order valence-corrected chi connectivity index (χ2v) is 14.5. The van der Waals surface area contributed by atoms with Crippen molar-refractivity contribution in [2.75, 3.05) is 0 Å². The lowest BCUT2D eigenvalue weighted by Crippen LogP contribution is -2.10. The van der Waals surface area contributed by atoms with Crippen LogP contribution >= 0.6 is 0 Å². The van der Waals surface area contributed by atoms with E-state index >= 15 is 0 Å². The molecule has 0 aliphatic heterocycles. The number of aromatic nitrogens is 5. The van der Waals surface area contributed by atoms with Crippen LogP contribution < -0.4 is 0 Å². The topological polar surface area (TPSA) is 48.5 Å². The van der Waals surface area contributed by atoms with Crippen LogP contribution in [0, 0.1) is 0 Å². The summed E-state index contributed by atoms with van der Waals surface area (Å²) in [6.45, 7) is 0. The number of hydrogen-bond donors (Lipinski definition) is 0. The third-order valence-corrected chi connectivity index (χ3v) is 10.9. The Morgan fingerprint density at radius 2 is 0.613 bits per heavy atom. The van der Waals surface area contributed by atoms with E-state index in [-0.39, 0.29) is 49.4 Å². The fourth-order valence-electron chi connectivity index (χ4n) is 8.01. The van der Waals surface area contributed by atoms with Crippen molar-refractivity contribution >= 4 is 43.6 Å². The summed E-state index contributed by atoms with van der Waals surface area (Å²) < 4.78 is 146. The Labute approximate surface area is 381 Å². The smallest absolute Gasteiger partial charge is 0.240 e. The predicted octanol–water partition coefficient (Wildman–Crippen LogP) is 14.4. The van der Waals surface area contributed by atoms with E-state index in [1.54, 1.807) is 12.1 Å². The molecule has 12 rings (SSSR count). The molecule has 3 heterocycles. The number of fused-ring (bicyclic) bond motifs is 6. The summed E-state index contributed by atoms with van der Waals surface area (Å²) in [6, 6.07) is 30.6. The van der Waals surface area contributed by atoms with Crippen molar-refractivity contribution < 1.29 is 21.9 Å². The Morgan fingerprint density at radius 3 is 1.08 bits per heavy atom. The van der Waals surface area contributed by atoms with E-state index in [1.807, 2.05) is 103 Å². The van der Waals surface area contributed by atoms with Crippen molar-refractivity contribution in [2.24, 2.45) is 0 Å². The van der Waals surface area contributed by atoms with Gasteiger partial charge in [-0.3, -0.25) is 9.13 Å². The fourth-order valence-corrected chi connectivity index (χ4v) is 8.01.